The highest BCUT2D eigenvalue weighted by atomic mass is 35.5. The van der Waals surface area contributed by atoms with Gasteiger partial charge in [-0.15, -0.1) is 0 Å². The molecule has 0 bridgehead atoms. The Bertz CT molecular complexity index is 861. The number of carbonyl (C=O) groups is 1. The van der Waals surface area contributed by atoms with Crippen LogP contribution in [0.25, 0.3) is 5.57 Å². The second-order valence-electron chi connectivity index (χ2n) is 7.43. The number of hydrogen-bond acceptors (Lipinski definition) is 3. The Morgan fingerprint density at radius 2 is 1.93 bits per heavy atom. The zero-order valence-corrected chi connectivity index (χ0v) is 17.1. The molecule has 0 saturated carbocycles. The minimum absolute atomic E-state index is 0.0951. The van der Waals surface area contributed by atoms with Crippen LogP contribution in [0.4, 0.5) is 0 Å². The van der Waals surface area contributed by atoms with Crippen LogP contribution in [0.1, 0.15) is 49.5 Å². The first-order chi connectivity index (χ1) is 13.4. The van der Waals surface area contributed by atoms with Crippen LogP contribution in [-0.4, -0.2) is 23.6 Å². The van der Waals surface area contributed by atoms with Gasteiger partial charge in [0.2, 0.25) is 5.91 Å². The lowest BCUT2D eigenvalue weighted by Crippen LogP contribution is -2.32. The van der Waals surface area contributed by atoms with Crippen molar-refractivity contribution in [2.75, 3.05) is 6.54 Å². The molecule has 1 aliphatic heterocycles. The summed E-state index contributed by atoms with van der Waals surface area (Å²) in [5, 5.41) is 17.3. The predicted molar refractivity (Wildman–Crippen MR) is 114 cm³/mol. The molecule has 0 aromatic heterocycles. The Balaban J connectivity index is 1.54. The number of hydrogen-bond donors (Lipinski definition) is 3. The summed E-state index contributed by atoms with van der Waals surface area (Å²) in [4.78, 5) is 11.5. The van der Waals surface area contributed by atoms with Crippen molar-refractivity contribution in [2.24, 2.45) is 0 Å². The van der Waals surface area contributed by atoms with Gasteiger partial charge in [0.05, 0.1) is 6.10 Å². The summed E-state index contributed by atoms with van der Waals surface area (Å²) in [6.07, 6.45) is 1.62. The van der Waals surface area contributed by atoms with Crippen LogP contribution in [0.3, 0.4) is 0 Å². The van der Waals surface area contributed by atoms with Gasteiger partial charge in [0.1, 0.15) is 0 Å². The molecule has 1 aliphatic rings. The van der Waals surface area contributed by atoms with Crippen molar-refractivity contribution in [3.63, 3.8) is 0 Å². The van der Waals surface area contributed by atoms with E-state index in [2.05, 4.69) is 41.8 Å². The zero-order valence-electron chi connectivity index (χ0n) is 16.3. The second kappa shape index (κ2) is 9.37. The number of benzene rings is 2. The SMILES string of the molecule is CC1=C(c2ccc(CC(C)NCC(O)c3cccc(Cl)c3)cc2)CCC(=O)N1. The average Bonchev–Trinajstić information content (AvgIpc) is 2.67. The number of amides is 1. The van der Waals surface area contributed by atoms with E-state index in [-0.39, 0.29) is 11.9 Å². The summed E-state index contributed by atoms with van der Waals surface area (Å²) < 4.78 is 0. The predicted octanol–water partition coefficient (Wildman–Crippen LogP) is 4.24. The Hall–Kier alpha value is -2.14. The molecule has 5 heteroatoms. The highest BCUT2D eigenvalue weighted by Gasteiger charge is 2.16. The standard InChI is InChI=1S/C23H27ClN2O2/c1-15(25-14-22(27)19-4-3-5-20(24)13-19)12-17-6-8-18(9-7-17)21-10-11-23(28)26-16(21)2/h3-9,13,15,22,25,27H,10-12,14H2,1-2H3,(H,26,28). The first kappa shape index (κ1) is 20.6. The normalized spacial score (nSPS) is 16.6. The van der Waals surface area contributed by atoms with Crippen molar-refractivity contribution in [1.29, 1.82) is 0 Å². The van der Waals surface area contributed by atoms with E-state index < -0.39 is 6.10 Å². The molecule has 0 fully saturated rings. The summed E-state index contributed by atoms with van der Waals surface area (Å²) in [6.45, 7) is 4.55. The third kappa shape index (κ3) is 5.44. The molecule has 3 rings (SSSR count). The van der Waals surface area contributed by atoms with Crippen LogP contribution in [0.2, 0.25) is 5.02 Å². The molecule has 148 valence electrons. The van der Waals surface area contributed by atoms with Gasteiger partial charge in [0.15, 0.2) is 0 Å². The second-order valence-corrected chi connectivity index (χ2v) is 7.87. The van der Waals surface area contributed by atoms with E-state index in [0.717, 1.165) is 24.1 Å². The summed E-state index contributed by atoms with van der Waals surface area (Å²) in [5.41, 5.74) is 5.38. The topological polar surface area (TPSA) is 61.4 Å². The third-order valence-corrected chi connectivity index (χ3v) is 5.35. The molecule has 0 spiro atoms. The van der Waals surface area contributed by atoms with Gasteiger partial charge >= 0.3 is 0 Å². The molecule has 1 heterocycles. The van der Waals surface area contributed by atoms with E-state index >= 15 is 0 Å². The van der Waals surface area contributed by atoms with Crippen LogP contribution in [0.5, 0.6) is 0 Å². The molecule has 0 radical (unpaired) electrons. The number of nitrogens with one attached hydrogen (secondary N) is 2. The molecule has 4 nitrogen and oxygen atoms in total. The van der Waals surface area contributed by atoms with E-state index in [1.165, 1.54) is 16.7 Å². The number of carbonyl (C=O) groups excluding carboxylic acids is 1. The van der Waals surface area contributed by atoms with Gasteiger partial charge < -0.3 is 15.7 Å². The molecule has 0 saturated heterocycles. The van der Waals surface area contributed by atoms with Gasteiger partial charge in [-0.1, -0.05) is 48.0 Å². The molecule has 2 aromatic carbocycles. The maximum Gasteiger partial charge on any atom is 0.224 e. The van der Waals surface area contributed by atoms with Crippen LogP contribution < -0.4 is 10.6 Å². The van der Waals surface area contributed by atoms with Gasteiger partial charge in [-0.25, -0.2) is 0 Å². The van der Waals surface area contributed by atoms with Gasteiger partial charge in [0.25, 0.3) is 0 Å². The maximum absolute atomic E-state index is 11.5. The molecule has 2 unspecified atom stereocenters. The van der Waals surface area contributed by atoms with Gasteiger partial charge in [0, 0.05) is 29.7 Å². The van der Waals surface area contributed by atoms with Crippen molar-refractivity contribution in [3.8, 4) is 0 Å². The van der Waals surface area contributed by atoms with Crippen molar-refractivity contribution < 1.29 is 9.90 Å². The Morgan fingerprint density at radius 3 is 2.61 bits per heavy atom. The van der Waals surface area contributed by atoms with Gasteiger partial charge in [-0.2, -0.15) is 0 Å². The zero-order chi connectivity index (χ0) is 20.1. The van der Waals surface area contributed by atoms with E-state index in [9.17, 15) is 9.90 Å². The smallest absolute Gasteiger partial charge is 0.224 e. The Labute approximate surface area is 171 Å². The number of aliphatic hydroxyl groups is 1. The van der Waals surface area contributed by atoms with E-state index in [4.69, 9.17) is 11.6 Å². The lowest BCUT2D eigenvalue weighted by atomic mass is 9.94. The number of halogens is 1. The number of rotatable bonds is 7. The fourth-order valence-electron chi connectivity index (χ4n) is 3.55. The summed E-state index contributed by atoms with van der Waals surface area (Å²) in [6, 6.07) is 16.1. The minimum atomic E-state index is -0.583. The molecule has 2 aromatic rings. The minimum Gasteiger partial charge on any atom is -0.387 e. The molecule has 2 atom stereocenters. The Kier molecular flexibility index (Phi) is 6.89. The molecule has 1 amide bonds. The molecular formula is C23H27ClN2O2. The van der Waals surface area contributed by atoms with Crippen LogP contribution >= 0.6 is 11.6 Å². The van der Waals surface area contributed by atoms with Crippen molar-refractivity contribution >= 4 is 23.1 Å². The van der Waals surface area contributed by atoms with Gasteiger partial charge in [-0.3, -0.25) is 4.79 Å². The highest BCUT2D eigenvalue weighted by Crippen LogP contribution is 2.26. The lowest BCUT2D eigenvalue weighted by molar-refractivity contribution is -0.120. The van der Waals surface area contributed by atoms with Crippen LogP contribution in [0.15, 0.2) is 54.2 Å². The quantitative estimate of drug-likeness (QED) is 0.653. The third-order valence-electron chi connectivity index (χ3n) is 5.12. The maximum atomic E-state index is 11.5. The van der Waals surface area contributed by atoms with Crippen molar-refractivity contribution in [1.82, 2.24) is 10.6 Å². The van der Waals surface area contributed by atoms with Crippen molar-refractivity contribution in [2.45, 2.75) is 45.3 Å². The van der Waals surface area contributed by atoms with E-state index in [0.29, 0.717) is 18.0 Å². The molecule has 3 N–H and O–H groups in total. The highest BCUT2D eigenvalue weighted by molar-refractivity contribution is 6.30. The number of allylic oxidation sites excluding steroid dienone is 2. The van der Waals surface area contributed by atoms with Crippen molar-refractivity contribution in [3.05, 3.63) is 75.9 Å². The molecular weight excluding hydrogens is 372 g/mol. The van der Waals surface area contributed by atoms with E-state index in [1.807, 2.05) is 19.1 Å². The monoisotopic (exact) mass is 398 g/mol. The van der Waals surface area contributed by atoms with Crippen LogP contribution in [0, 0.1) is 0 Å². The summed E-state index contributed by atoms with van der Waals surface area (Å²) >= 11 is 5.99. The Morgan fingerprint density at radius 1 is 1.18 bits per heavy atom. The average molecular weight is 399 g/mol. The van der Waals surface area contributed by atoms with Gasteiger partial charge in [-0.05, 0) is 61.1 Å². The fraction of sp³-hybridized carbons (Fsp3) is 0.348. The summed E-state index contributed by atoms with van der Waals surface area (Å²) in [5.74, 6) is 0.0951. The first-order valence-corrected chi connectivity index (χ1v) is 10.1. The fourth-order valence-corrected chi connectivity index (χ4v) is 3.74. The first-order valence-electron chi connectivity index (χ1n) is 9.68. The van der Waals surface area contributed by atoms with Crippen LogP contribution in [-0.2, 0) is 11.2 Å². The molecule has 28 heavy (non-hydrogen) atoms. The van der Waals surface area contributed by atoms with E-state index in [1.54, 1.807) is 12.1 Å². The number of aliphatic hydroxyl groups excluding tert-OH is 1. The summed E-state index contributed by atoms with van der Waals surface area (Å²) in [7, 11) is 0. The largest absolute Gasteiger partial charge is 0.387 e. The molecule has 0 aliphatic carbocycles. The lowest BCUT2D eigenvalue weighted by Gasteiger charge is -2.20.